The third-order valence-corrected chi connectivity index (χ3v) is 5.02. The summed E-state index contributed by atoms with van der Waals surface area (Å²) in [5.74, 6) is 0.778. The summed E-state index contributed by atoms with van der Waals surface area (Å²) in [5.41, 5.74) is 1.04. The van der Waals surface area contributed by atoms with Crippen LogP contribution in [0.5, 0.6) is 0 Å². The summed E-state index contributed by atoms with van der Waals surface area (Å²) in [4.78, 5) is 15.2. The molecular weight excluding hydrogens is 290 g/mol. The lowest BCUT2D eigenvalue weighted by atomic mass is 10.3. The molecule has 0 radical (unpaired) electrons. The summed E-state index contributed by atoms with van der Waals surface area (Å²) in [6.07, 6.45) is 7.64. The van der Waals surface area contributed by atoms with Gasteiger partial charge >= 0.3 is 0 Å². The number of rotatable bonds is 6. The van der Waals surface area contributed by atoms with E-state index >= 15 is 0 Å². The standard InChI is InChI=1S/C18H25N3O2/c22-18-17-16(5-9-21(17)14-15-2-3-15)4-8-20(18)7-1-6-19-10-12-23-13-11-19/h4-5,8-9,15H,1-3,6-7,10-14H2. The van der Waals surface area contributed by atoms with Crippen LogP contribution >= 0.6 is 0 Å². The molecule has 5 nitrogen and oxygen atoms in total. The minimum Gasteiger partial charge on any atom is -0.379 e. The van der Waals surface area contributed by atoms with Crippen LogP contribution in [0.4, 0.5) is 0 Å². The lowest BCUT2D eigenvalue weighted by Gasteiger charge is -2.26. The van der Waals surface area contributed by atoms with Gasteiger partial charge in [-0.15, -0.1) is 0 Å². The molecule has 1 saturated carbocycles. The van der Waals surface area contributed by atoms with Crippen molar-refractivity contribution in [2.75, 3.05) is 32.8 Å². The molecule has 3 heterocycles. The molecule has 1 saturated heterocycles. The molecule has 1 aliphatic heterocycles. The lowest BCUT2D eigenvalue weighted by Crippen LogP contribution is -2.37. The molecule has 0 aromatic carbocycles. The Morgan fingerprint density at radius 2 is 1.78 bits per heavy atom. The van der Waals surface area contributed by atoms with Crippen LogP contribution in [-0.2, 0) is 17.8 Å². The van der Waals surface area contributed by atoms with Gasteiger partial charge in [0, 0.05) is 50.5 Å². The minimum absolute atomic E-state index is 0.162. The molecule has 0 bridgehead atoms. The van der Waals surface area contributed by atoms with Gasteiger partial charge in [0.15, 0.2) is 0 Å². The van der Waals surface area contributed by atoms with Crippen LogP contribution in [0.15, 0.2) is 29.3 Å². The zero-order chi connectivity index (χ0) is 15.6. The molecule has 1 aliphatic carbocycles. The Balaban J connectivity index is 1.46. The number of aryl methyl sites for hydroxylation is 1. The highest BCUT2D eigenvalue weighted by molar-refractivity contribution is 5.78. The predicted octanol–water partition coefficient (Wildman–Crippen LogP) is 1.94. The van der Waals surface area contributed by atoms with Gasteiger partial charge in [0.2, 0.25) is 0 Å². The van der Waals surface area contributed by atoms with Crippen LogP contribution in [0.25, 0.3) is 10.9 Å². The highest BCUT2D eigenvalue weighted by Crippen LogP contribution is 2.31. The molecule has 2 aromatic rings. The first kappa shape index (κ1) is 15.0. The van der Waals surface area contributed by atoms with E-state index in [2.05, 4.69) is 27.8 Å². The van der Waals surface area contributed by atoms with Gasteiger partial charge in [-0.25, -0.2) is 0 Å². The average Bonchev–Trinajstić information content (AvgIpc) is 3.29. The van der Waals surface area contributed by atoms with Crippen molar-refractivity contribution in [3.63, 3.8) is 0 Å². The van der Waals surface area contributed by atoms with E-state index in [0.717, 1.165) is 69.2 Å². The largest absolute Gasteiger partial charge is 0.379 e. The smallest absolute Gasteiger partial charge is 0.275 e. The molecule has 124 valence electrons. The second-order valence-electron chi connectivity index (χ2n) is 6.84. The van der Waals surface area contributed by atoms with Crippen LogP contribution < -0.4 is 5.56 Å². The molecule has 2 aromatic heterocycles. The van der Waals surface area contributed by atoms with Crippen molar-refractivity contribution >= 4 is 10.9 Å². The van der Waals surface area contributed by atoms with Gasteiger partial charge in [-0.2, -0.15) is 0 Å². The van der Waals surface area contributed by atoms with Crippen molar-refractivity contribution in [3.05, 3.63) is 34.9 Å². The van der Waals surface area contributed by atoms with E-state index in [1.165, 1.54) is 12.8 Å². The van der Waals surface area contributed by atoms with Crippen LogP contribution in [0, 0.1) is 5.92 Å². The number of hydrogen-bond donors (Lipinski definition) is 0. The monoisotopic (exact) mass is 315 g/mol. The van der Waals surface area contributed by atoms with Crippen molar-refractivity contribution in [2.45, 2.75) is 32.4 Å². The fraction of sp³-hybridized carbons (Fsp3) is 0.611. The molecule has 2 aliphatic rings. The maximum atomic E-state index is 12.8. The van der Waals surface area contributed by atoms with Crippen molar-refractivity contribution < 1.29 is 4.74 Å². The van der Waals surface area contributed by atoms with Crippen LogP contribution in [-0.4, -0.2) is 46.9 Å². The van der Waals surface area contributed by atoms with Crippen molar-refractivity contribution in [3.8, 4) is 0 Å². The average molecular weight is 315 g/mol. The molecule has 2 fully saturated rings. The van der Waals surface area contributed by atoms with Gasteiger partial charge in [0.1, 0.15) is 5.52 Å². The quantitative estimate of drug-likeness (QED) is 0.818. The molecule has 0 unspecified atom stereocenters. The third kappa shape index (κ3) is 3.35. The lowest BCUT2D eigenvalue weighted by molar-refractivity contribution is 0.0369. The summed E-state index contributed by atoms with van der Waals surface area (Å²) in [6, 6.07) is 4.14. The zero-order valence-electron chi connectivity index (χ0n) is 13.6. The normalized spacial score (nSPS) is 19.5. The zero-order valence-corrected chi connectivity index (χ0v) is 13.6. The molecule has 23 heavy (non-hydrogen) atoms. The van der Waals surface area contributed by atoms with Crippen molar-refractivity contribution in [2.24, 2.45) is 5.92 Å². The predicted molar refractivity (Wildman–Crippen MR) is 90.8 cm³/mol. The second-order valence-corrected chi connectivity index (χ2v) is 6.84. The number of pyridine rings is 1. The fourth-order valence-corrected chi connectivity index (χ4v) is 3.44. The Labute approximate surface area is 136 Å². The van der Waals surface area contributed by atoms with Gasteiger partial charge in [0.05, 0.1) is 13.2 Å². The van der Waals surface area contributed by atoms with E-state index in [4.69, 9.17) is 4.74 Å². The molecule has 4 rings (SSSR count). The molecular formula is C18H25N3O2. The van der Waals surface area contributed by atoms with Gasteiger partial charge in [-0.1, -0.05) is 0 Å². The number of ether oxygens (including phenoxy) is 1. The van der Waals surface area contributed by atoms with Crippen molar-refractivity contribution in [1.82, 2.24) is 14.0 Å². The Morgan fingerprint density at radius 3 is 2.52 bits per heavy atom. The summed E-state index contributed by atoms with van der Waals surface area (Å²) < 4.78 is 9.41. The minimum atomic E-state index is 0.162. The summed E-state index contributed by atoms with van der Waals surface area (Å²) >= 11 is 0. The number of nitrogens with zero attached hydrogens (tertiary/aromatic N) is 3. The Morgan fingerprint density at radius 1 is 1.04 bits per heavy atom. The Hall–Kier alpha value is -1.59. The fourth-order valence-electron chi connectivity index (χ4n) is 3.44. The van der Waals surface area contributed by atoms with E-state index < -0.39 is 0 Å². The highest BCUT2D eigenvalue weighted by atomic mass is 16.5. The molecule has 0 amide bonds. The van der Waals surface area contributed by atoms with Gasteiger partial charge in [-0.05, 0) is 37.3 Å². The third-order valence-electron chi connectivity index (χ3n) is 5.02. The Kier molecular flexibility index (Phi) is 4.23. The van der Waals surface area contributed by atoms with Gasteiger partial charge in [0.25, 0.3) is 5.56 Å². The first-order valence-electron chi connectivity index (χ1n) is 8.79. The van der Waals surface area contributed by atoms with E-state index in [0.29, 0.717) is 0 Å². The number of aromatic nitrogens is 2. The first-order chi connectivity index (χ1) is 11.3. The maximum absolute atomic E-state index is 12.8. The highest BCUT2D eigenvalue weighted by Gasteiger charge is 2.22. The molecule has 0 atom stereocenters. The van der Waals surface area contributed by atoms with E-state index in [-0.39, 0.29) is 5.56 Å². The van der Waals surface area contributed by atoms with Crippen molar-refractivity contribution in [1.29, 1.82) is 0 Å². The topological polar surface area (TPSA) is 39.4 Å². The van der Waals surface area contributed by atoms with Gasteiger partial charge in [-0.3, -0.25) is 9.69 Å². The molecule has 0 N–H and O–H groups in total. The van der Waals surface area contributed by atoms with Crippen LogP contribution in [0.1, 0.15) is 19.3 Å². The molecule has 5 heteroatoms. The number of fused-ring (bicyclic) bond motifs is 1. The van der Waals surface area contributed by atoms with Gasteiger partial charge < -0.3 is 13.9 Å². The van der Waals surface area contributed by atoms with Crippen LogP contribution in [0.2, 0.25) is 0 Å². The Bertz CT molecular complexity index is 723. The first-order valence-corrected chi connectivity index (χ1v) is 8.79. The van der Waals surface area contributed by atoms with E-state index in [9.17, 15) is 4.79 Å². The van der Waals surface area contributed by atoms with Crippen LogP contribution in [0.3, 0.4) is 0 Å². The molecule has 0 spiro atoms. The number of morpholine rings is 1. The summed E-state index contributed by atoms with van der Waals surface area (Å²) in [5, 5.41) is 1.07. The van der Waals surface area contributed by atoms with E-state index in [1.54, 1.807) is 0 Å². The summed E-state index contributed by atoms with van der Waals surface area (Å²) in [6.45, 7) is 6.52. The SMILES string of the molecule is O=c1c2c(ccn1CCCN1CCOCC1)ccn2CC1CC1. The second kappa shape index (κ2) is 6.49. The van der Waals surface area contributed by atoms with E-state index in [1.807, 2.05) is 10.8 Å². The summed E-state index contributed by atoms with van der Waals surface area (Å²) in [7, 11) is 0. The maximum Gasteiger partial charge on any atom is 0.275 e. The number of hydrogen-bond acceptors (Lipinski definition) is 3.